The van der Waals surface area contributed by atoms with E-state index < -0.39 is 0 Å². The molecule has 1 aliphatic heterocycles. The van der Waals surface area contributed by atoms with Crippen LogP contribution in [0.1, 0.15) is 29.3 Å². The first-order chi connectivity index (χ1) is 12.1. The Balaban J connectivity index is 1.68. The van der Waals surface area contributed by atoms with Crippen LogP contribution in [0.5, 0.6) is 5.75 Å². The van der Waals surface area contributed by atoms with E-state index in [9.17, 15) is 4.79 Å². The fourth-order valence-electron chi connectivity index (χ4n) is 3.27. The zero-order valence-corrected chi connectivity index (χ0v) is 15.1. The molecule has 1 heterocycles. The Bertz CT molecular complexity index is 750. The van der Waals surface area contributed by atoms with E-state index >= 15 is 0 Å². The van der Waals surface area contributed by atoms with Gasteiger partial charge in [0.25, 0.3) is 5.91 Å². The Morgan fingerprint density at radius 1 is 1.28 bits per heavy atom. The largest absolute Gasteiger partial charge is 0.489 e. The van der Waals surface area contributed by atoms with Gasteiger partial charge >= 0.3 is 0 Å². The van der Waals surface area contributed by atoms with Gasteiger partial charge in [-0.15, -0.1) is 0 Å². The number of likely N-dealkylation sites (tertiary alicyclic amines) is 1. The molecule has 132 valence electrons. The third kappa shape index (κ3) is 4.33. The van der Waals surface area contributed by atoms with Gasteiger partial charge in [0, 0.05) is 23.2 Å². The van der Waals surface area contributed by atoms with Crippen LogP contribution in [-0.4, -0.2) is 29.9 Å². The summed E-state index contributed by atoms with van der Waals surface area (Å²) in [6.07, 6.45) is 0.965. The Kier molecular flexibility index (Phi) is 5.61. The average molecular weight is 359 g/mol. The Morgan fingerprint density at radius 2 is 2.08 bits per heavy atom. The van der Waals surface area contributed by atoms with Gasteiger partial charge in [0.2, 0.25) is 0 Å². The number of nitrogens with two attached hydrogens (primary N) is 1. The van der Waals surface area contributed by atoms with Crippen molar-refractivity contribution in [2.24, 2.45) is 11.7 Å². The maximum absolute atomic E-state index is 12.8. The second-order valence-corrected chi connectivity index (χ2v) is 7.03. The number of amides is 1. The standard InChI is InChI=1S/C20H23ClN2O2/c1-14-8-16(11-22)12-23(14)20(24)17-5-3-7-19(10-17)25-13-15-4-2-6-18(21)9-15/h2-7,9-10,14,16H,8,11-13,22H2,1H3. The van der Waals surface area contributed by atoms with Gasteiger partial charge in [-0.2, -0.15) is 0 Å². The van der Waals surface area contributed by atoms with Crippen LogP contribution >= 0.6 is 11.6 Å². The Morgan fingerprint density at radius 3 is 2.80 bits per heavy atom. The summed E-state index contributed by atoms with van der Waals surface area (Å²) in [5.41, 5.74) is 7.39. The summed E-state index contributed by atoms with van der Waals surface area (Å²) in [6.45, 7) is 3.83. The number of hydrogen-bond donors (Lipinski definition) is 1. The molecular weight excluding hydrogens is 336 g/mol. The molecule has 2 unspecified atom stereocenters. The lowest BCUT2D eigenvalue weighted by molar-refractivity contribution is 0.0743. The van der Waals surface area contributed by atoms with Gasteiger partial charge in [-0.25, -0.2) is 0 Å². The van der Waals surface area contributed by atoms with Gasteiger partial charge in [0.15, 0.2) is 0 Å². The van der Waals surface area contributed by atoms with Crippen LogP contribution in [0.15, 0.2) is 48.5 Å². The predicted octanol–water partition coefficient (Wildman–Crippen LogP) is 3.73. The Hall–Kier alpha value is -2.04. The molecule has 0 spiro atoms. The first kappa shape index (κ1) is 17.8. The maximum atomic E-state index is 12.8. The third-order valence-electron chi connectivity index (χ3n) is 4.63. The summed E-state index contributed by atoms with van der Waals surface area (Å²) in [4.78, 5) is 14.7. The molecule has 1 aliphatic rings. The minimum atomic E-state index is 0.0386. The van der Waals surface area contributed by atoms with Crippen molar-refractivity contribution in [1.29, 1.82) is 0 Å². The van der Waals surface area contributed by atoms with Crippen molar-refractivity contribution in [1.82, 2.24) is 4.90 Å². The second kappa shape index (κ2) is 7.89. The summed E-state index contributed by atoms with van der Waals surface area (Å²) in [7, 11) is 0. The molecule has 1 fully saturated rings. The zero-order valence-electron chi connectivity index (χ0n) is 14.3. The van der Waals surface area contributed by atoms with Crippen LogP contribution in [0.4, 0.5) is 0 Å². The number of nitrogens with zero attached hydrogens (tertiary/aromatic N) is 1. The lowest BCUT2D eigenvalue weighted by atomic mass is 10.1. The molecule has 0 radical (unpaired) electrons. The molecule has 4 nitrogen and oxygen atoms in total. The highest BCUT2D eigenvalue weighted by Gasteiger charge is 2.32. The normalized spacial score (nSPS) is 19.9. The molecule has 1 saturated heterocycles. The number of benzene rings is 2. The van der Waals surface area contributed by atoms with Crippen LogP contribution in [0.2, 0.25) is 5.02 Å². The zero-order chi connectivity index (χ0) is 17.8. The third-order valence-corrected chi connectivity index (χ3v) is 4.87. The monoisotopic (exact) mass is 358 g/mol. The number of hydrogen-bond acceptors (Lipinski definition) is 3. The summed E-state index contributed by atoms with van der Waals surface area (Å²) < 4.78 is 5.82. The highest BCUT2D eigenvalue weighted by Crippen LogP contribution is 2.25. The minimum Gasteiger partial charge on any atom is -0.489 e. The van der Waals surface area contributed by atoms with Crippen molar-refractivity contribution >= 4 is 17.5 Å². The van der Waals surface area contributed by atoms with E-state index in [1.807, 2.05) is 47.4 Å². The van der Waals surface area contributed by atoms with Crippen molar-refractivity contribution in [3.8, 4) is 5.75 Å². The first-order valence-corrected chi connectivity index (χ1v) is 8.93. The van der Waals surface area contributed by atoms with Crippen LogP contribution < -0.4 is 10.5 Å². The maximum Gasteiger partial charge on any atom is 0.254 e. The van der Waals surface area contributed by atoms with Crippen molar-refractivity contribution in [3.63, 3.8) is 0 Å². The number of halogens is 1. The SMILES string of the molecule is CC1CC(CN)CN1C(=O)c1cccc(OCc2cccc(Cl)c2)c1. The molecule has 2 aromatic rings. The van der Waals surface area contributed by atoms with E-state index in [-0.39, 0.29) is 11.9 Å². The minimum absolute atomic E-state index is 0.0386. The van der Waals surface area contributed by atoms with Gasteiger partial charge in [0.05, 0.1) is 0 Å². The molecule has 25 heavy (non-hydrogen) atoms. The lowest BCUT2D eigenvalue weighted by Gasteiger charge is -2.22. The molecule has 2 N–H and O–H groups in total. The van der Waals surface area contributed by atoms with Crippen LogP contribution in [0.3, 0.4) is 0 Å². The van der Waals surface area contributed by atoms with Crippen LogP contribution in [0.25, 0.3) is 0 Å². The van der Waals surface area contributed by atoms with E-state index in [0.29, 0.717) is 35.4 Å². The van der Waals surface area contributed by atoms with Crippen molar-refractivity contribution in [2.75, 3.05) is 13.1 Å². The number of carbonyl (C=O) groups is 1. The molecule has 0 saturated carbocycles. The summed E-state index contributed by atoms with van der Waals surface area (Å²) in [5, 5.41) is 0.683. The van der Waals surface area contributed by atoms with Gasteiger partial charge < -0.3 is 15.4 Å². The Labute approximate surface area is 153 Å². The van der Waals surface area contributed by atoms with Crippen molar-refractivity contribution in [2.45, 2.75) is 26.0 Å². The van der Waals surface area contributed by atoms with Gasteiger partial charge in [-0.1, -0.05) is 29.8 Å². The van der Waals surface area contributed by atoms with Crippen molar-refractivity contribution in [3.05, 3.63) is 64.7 Å². The fraction of sp³-hybridized carbons (Fsp3) is 0.350. The van der Waals surface area contributed by atoms with Gasteiger partial charge in [0.1, 0.15) is 12.4 Å². The quantitative estimate of drug-likeness (QED) is 0.886. The average Bonchev–Trinajstić information content (AvgIpc) is 3.00. The molecule has 3 rings (SSSR count). The number of rotatable bonds is 5. The van der Waals surface area contributed by atoms with E-state index in [1.165, 1.54) is 0 Å². The van der Waals surface area contributed by atoms with Crippen LogP contribution in [0, 0.1) is 5.92 Å². The molecule has 5 heteroatoms. The molecule has 2 aromatic carbocycles. The predicted molar refractivity (Wildman–Crippen MR) is 99.9 cm³/mol. The summed E-state index contributed by atoms with van der Waals surface area (Å²) in [5.74, 6) is 1.10. The topological polar surface area (TPSA) is 55.6 Å². The smallest absolute Gasteiger partial charge is 0.254 e. The van der Waals surface area contributed by atoms with Crippen LogP contribution in [-0.2, 0) is 6.61 Å². The molecule has 2 atom stereocenters. The van der Waals surface area contributed by atoms with E-state index in [1.54, 1.807) is 6.07 Å². The highest BCUT2D eigenvalue weighted by atomic mass is 35.5. The number of carbonyl (C=O) groups excluding carboxylic acids is 1. The van der Waals surface area contributed by atoms with E-state index in [0.717, 1.165) is 18.5 Å². The van der Waals surface area contributed by atoms with Gasteiger partial charge in [-0.3, -0.25) is 4.79 Å². The van der Waals surface area contributed by atoms with Gasteiger partial charge in [-0.05, 0) is 61.7 Å². The highest BCUT2D eigenvalue weighted by molar-refractivity contribution is 6.30. The molecule has 0 bridgehead atoms. The molecule has 0 aliphatic carbocycles. The molecular formula is C20H23ClN2O2. The lowest BCUT2D eigenvalue weighted by Crippen LogP contribution is -2.34. The summed E-state index contributed by atoms with van der Waals surface area (Å²) >= 11 is 5.99. The second-order valence-electron chi connectivity index (χ2n) is 6.59. The fourth-order valence-corrected chi connectivity index (χ4v) is 3.49. The first-order valence-electron chi connectivity index (χ1n) is 8.55. The molecule has 1 amide bonds. The summed E-state index contributed by atoms with van der Waals surface area (Å²) in [6, 6.07) is 15.1. The van der Waals surface area contributed by atoms with E-state index in [4.69, 9.17) is 22.1 Å². The molecule has 0 aromatic heterocycles. The van der Waals surface area contributed by atoms with Crippen molar-refractivity contribution < 1.29 is 9.53 Å². The van der Waals surface area contributed by atoms with E-state index in [2.05, 4.69) is 6.92 Å². The number of ether oxygens (including phenoxy) is 1.